The maximum atomic E-state index is 5.80. The van der Waals surface area contributed by atoms with Gasteiger partial charge in [-0.25, -0.2) is 4.98 Å². The number of alkyl halides is 1. The third-order valence-corrected chi connectivity index (χ3v) is 2.87. The van der Waals surface area contributed by atoms with E-state index >= 15 is 0 Å². The third kappa shape index (κ3) is 2.76. The summed E-state index contributed by atoms with van der Waals surface area (Å²) < 4.78 is 7.29. The van der Waals surface area contributed by atoms with Crippen molar-refractivity contribution >= 4 is 22.6 Å². The van der Waals surface area contributed by atoms with E-state index in [9.17, 15) is 0 Å². The minimum Gasteiger partial charge on any atom is -0.385 e. The standard InChI is InChI=1S/C12H16ClN3O/c1-17-8-2-7-16-11-4-6-14-9-10(11)15-12(16)3-5-13/h4,6,9H,2-3,5,7-8H2,1H3. The number of ether oxygens (including phenoxy) is 1. The van der Waals surface area contributed by atoms with Gasteiger partial charge in [0, 0.05) is 38.8 Å². The Bertz CT molecular complexity index is 484. The molecule has 4 nitrogen and oxygen atoms in total. The molecule has 0 atom stereocenters. The molecule has 0 bridgehead atoms. The number of aryl methyl sites for hydroxylation is 2. The molecule has 0 aliphatic carbocycles. The second-order valence-electron chi connectivity index (χ2n) is 3.83. The number of hydrogen-bond acceptors (Lipinski definition) is 3. The molecule has 2 heterocycles. The molecule has 0 spiro atoms. The van der Waals surface area contributed by atoms with Crippen molar-refractivity contribution in [3.8, 4) is 0 Å². The Morgan fingerprint density at radius 2 is 2.35 bits per heavy atom. The number of aromatic nitrogens is 3. The molecule has 2 aromatic heterocycles. The van der Waals surface area contributed by atoms with Crippen LogP contribution in [0.15, 0.2) is 18.5 Å². The predicted molar refractivity (Wildman–Crippen MR) is 68.4 cm³/mol. The van der Waals surface area contributed by atoms with Crippen LogP contribution in [0.1, 0.15) is 12.2 Å². The van der Waals surface area contributed by atoms with Crippen LogP contribution in [0, 0.1) is 0 Å². The molecule has 0 saturated carbocycles. The highest BCUT2D eigenvalue weighted by atomic mass is 35.5. The Balaban J connectivity index is 2.30. The largest absolute Gasteiger partial charge is 0.385 e. The van der Waals surface area contributed by atoms with E-state index in [-0.39, 0.29) is 0 Å². The normalized spacial score (nSPS) is 11.2. The molecule has 0 aliphatic rings. The first kappa shape index (κ1) is 12.3. The lowest BCUT2D eigenvalue weighted by Crippen LogP contribution is -2.06. The number of rotatable bonds is 6. The number of nitrogens with zero attached hydrogens (tertiary/aromatic N) is 3. The van der Waals surface area contributed by atoms with Crippen LogP contribution in [0.3, 0.4) is 0 Å². The van der Waals surface area contributed by atoms with Crippen LogP contribution in [0.4, 0.5) is 0 Å². The first-order valence-corrected chi connectivity index (χ1v) is 6.24. The van der Waals surface area contributed by atoms with Crippen LogP contribution in [0.2, 0.25) is 0 Å². The van der Waals surface area contributed by atoms with E-state index < -0.39 is 0 Å². The fourth-order valence-corrected chi connectivity index (χ4v) is 2.09. The van der Waals surface area contributed by atoms with E-state index in [1.165, 1.54) is 0 Å². The minimum atomic E-state index is 0.584. The molecule has 17 heavy (non-hydrogen) atoms. The highest BCUT2D eigenvalue weighted by molar-refractivity contribution is 6.17. The summed E-state index contributed by atoms with van der Waals surface area (Å²) in [7, 11) is 1.72. The number of pyridine rings is 1. The Labute approximate surface area is 106 Å². The summed E-state index contributed by atoms with van der Waals surface area (Å²) >= 11 is 5.80. The van der Waals surface area contributed by atoms with Gasteiger partial charge in [-0.3, -0.25) is 4.98 Å². The monoisotopic (exact) mass is 253 g/mol. The fourth-order valence-electron chi connectivity index (χ4n) is 1.92. The van der Waals surface area contributed by atoms with Gasteiger partial charge < -0.3 is 9.30 Å². The summed E-state index contributed by atoms with van der Waals surface area (Å²) in [5.74, 6) is 1.61. The third-order valence-electron chi connectivity index (χ3n) is 2.68. The van der Waals surface area contributed by atoms with Gasteiger partial charge in [0.1, 0.15) is 11.3 Å². The first-order chi connectivity index (χ1) is 8.36. The predicted octanol–water partition coefficient (Wildman–Crippen LogP) is 2.25. The highest BCUT2D eigenvalue weighted by Crippen LogP contribution is 2.16. The summed E-state index contributed by atoms with van der Waals surface area (Å²) in [6.07, 6.45) is 5.34. The van der Waals surface area contributed by atoms with E-state index in [4.69, 9.17) is 16.3 Å². The van der Waals surface area contributed by atoms with Crippen LogP contribution in [0.25, 0.3) is 11.0 Å². The zero-order valence-corrected chi connectivity index (χ0v) is 10.7. The average molecular weight is 254 g/mol. The van der Waals surface area contributed by atoms with E-state index in [2.05, 4.69) is 14.5 Å². The lowest BCUT2D eigenvalue weighted by atomic mass is 10.3. The van der Waals surface area contributed by atoms with Gasteiger partial charge in [-0.05, 0) is 12.5 Å². The molecule has 0 aliphatic heterocycles. The molecule has 92 valence electrons. The number of methoxy groups -OCH3 is 1. The molecule has 2 rings (SSSR count). The number of halogens is 1. The van der Waals surface area contributed by atoms with E-state index in [1.807, 2.05) is 6.07 Å². The van der Waals surface area contributed by atoms with Gasteiger partial charge >= 0.3 is 0 Å². The van der Waals surface area contributed by atoms with Crippen LogP contribution >= 0.6 is 11.6 Å². The Morgan fingerprint density at radius 3 is 3.12 bits per heavy atom. The highest BCUT2D eigenvalue weighted by Gasteiger charge is 2.09. The maximum Gasteiger partial charge on any atom is 0.111 e. The van der Waals surface area contributed by atoms with Crippen LogP contribution in [0.5, 0.6) is 0 Å². The Hall–Kier alpha value is -1.13. The first-order valence-electron chi connectivity index (χ1n) is 5.71. The number of imidazole rings is 1. The Morgan fingerprint density at radius 1 is 1.47 bits per heavy atom. The van der Waals surface area contributed by atoms with Crippen molar-refractivity contribution in [1.82, 2.24) is 14.5 Å². The zero-order chi connectivity index (χ0) is 12.1. The van der Waals surface area contributed by atoms with Crippen LogP contribution < -0.4 is 0 Å². The molecular weight excluding hydrogens is 238 g/mol. The van der Waals surface area contributed by atoms with E-state index in [1.54, 1.807) is 19.5 Å². The quantitative estimate of drug-likeness (QED) is 0.586. The van der Waals surface area contributed by atoms with Crippen LogP contribution in [-0.4, -0.2) is 34.1 Å². The minimum absolute atomic E-state index is 0.584. The van der Waals surface area contributed by atoms with Crippen LogP contribution in [-0.2, 0) is 17.7 Å². The van der Waals surface area contributed by atoms with Crippen molar-refractivity contribution in [1.29, 1.82) is 0 Å². The lowest BCUT2D eigenvalue weighted by molar-refractivity contribution is 0.190. The van der Waals surface area contributed by atoms with E-state index in [0.29, 0.717) is 5.88 Å². The summed E-state index contributed by atoms with van der Waals surface area (Å²) in [6.45, 7) is 1.66. The van der Waals surface area contributed by atoms with Crippen molar-refractivity contribution < 1.29 is 4.74 Å². The molecule has 0 aromatic carbocycles. The average Bonchev–Trinajstić information content (AvgIpc) is 2.69. The van der Waals surface area contributed by atoms with Gasteiger partial charge in [0.05, 0.1) is 11.7 Å². The zero-order valence-electron chi connectivity index (χ0n) is 9.90. The van der Waals surface area contributed by atoms with Gasteiger partial charge in [-0.1, -0.05) is 0 Å². The molecule has 0 amide bonds. The molecule has 0 fully saturated rings. The Kier molecular flexibility index (Phi) is 4.34. The summed E-state index contributed by atoms with van der Waals surface area (Å²) in [5.41, 5.74) is 2.06. The molecule has 5 heteroatoms. The molecule has 2 aromatic rings. The van der Waals surface area contributed by atoms with Crippen molar-refractivity contribution in [3.63, 3.8) is 0 Å². The SMILES string of the molecule is COCCCn1c(CCCl)nc2cnccc21. The smallest absolute Gasteiger partial charge is 0.111 e. The van der Waals surface area contributed by atoms with Gasteiger partial charge in [-0.2, -0.15) is 0 Å². The summed E-state index contributed by atoms with van der Waals surface area (Å²) in [6, 6.07) is 1.99. The second-order valence-corrected chi connectivity index (χ2v) is 4.21. The second kappa shape index (κ2) is 5.98. The molecule has 0 unspecified atom stereocenters. The number of fused-ring (bicyclic) bond motifs is 1. The van der Waals surface area contributed by atoms with Crippen molar-refractivity contribution in [3.05, 3.63) is 24.3 Å². The van der Waals surface area contributed by atoms with E-state index in [0.717, 1.165) is 42.9 Å². The van der Waals surface area contributed by atoms with Gasteiger partial charge in [0.25, 0.3) is 0 Å². The summed E-state index contributed by atoms with van der Waals surface area (Å²) in [5, 5.41) is 0. The lowest BCUT2D eigenvalue weighted by Gasteiger charge is -2.07. The van der Waals surface area contributed by atoms with Crippen molar-refractivity contribution in [2.45, 2.75) is 19.4 Å². The number of hydrogen-bond donors (Lipinski definition) is 0. The maximum absolute atomic E-state index is 5.80. The van der Waals surface area contributed by atoms with Crippen molar-refractivity contribution in [2.75, 3.05) is 19.6 Å². The molecule has 0 saturated heterocycles. The van der Waals surface area contributed by atoms with Gasteiger partial charge in [-0.15, -0.1) is 11.6 Å². The molecule has 0 radical (unpaired) electrons. The molecule has 0 N–H and O–H groups in total. The summed E-state index contributed by atoms with van der Waals surface area (Å²) in [4.78, 5) is 8.65. The molecular formula is C12H16ClN3O. The van der Waals surface area contributed by atoms with Gasteiger partial charge in [0.15, 0.2) is 0 Å². The topological polar surface area (TPSA) is 39.9 Å². The van der Waals surface area contributed by atoms with Crippen molar-refractivity contribution in [2.24, 2.45) is 0 Å². The fraction of sp³-hybridized carbons (Fsp3) is 0.500. The van der Waals surface area contributed by atoms with Gasteiger partial charge in [0.2, 0.25) is 0 Å².